The molecule has 2 rings (SSSR count). The Bertz CT molecular complexity index is 1320. The summed E-state index contributed by atoms with van der Waals surface area (Å²) in [6.45, 7) is 3.72. The van der Waals surface area contributed by atoms with Crippen LogP contribution in [0.1, 0.15) is 251 Å². The van der Waals surface area contributed by atoms with Crippen LogP contribution in [0.25, 0.3) is 0 Å². The summed E-state index contributed by atoms with van der Waals surface area (Å²) >= 11 is 0. The molecule has 0 bridgehead atoms. The zero-order valence-corrected chi connectivity index (χ0v) is 46.8. The lowest BCUT2D eigenvalue weighted by molar-refractivity contribution is -0.332. The van der Waals surface area contributed by atoms with Gasteiger partial charge in [0.25, 0.3) is 0 Å². The van der Waals surface area contributed by atoms with E-state index in [0.29, 0.717) is 13.0 Å². The van der Waals surface area contributed by atoms with Crippen molar-refractivity contribution in [1.29, 1.82) is 0 Å². The largest absolute Gasteiger partial charge is 0.457 e. The van der Waals surface area contributed by atoms with E-state index >= 15 is 0 Å². The van der Waals surface area contributed by atoms with Gasteiger partial charge in [0.2, 0.25) is 0 Å². The normalized spacial score (nSPS) is 24.9. The van der Waals surface area contributed by atoms with Gasteiger partial charge in [-0.3, -0.25) is 4.79 Å². The van der Waals surface area contributed by atoms with Crippen LogP contribution in [0.2, 0.25) is 0 Å². The van der Waals surface area contributed by atoms with Gasteiger partial charge in [-0.25, -0.2) is 0 Å². The van der Waals surface area contributed by atoms with E-state index in [1.807, 2.05) is 0 Å². The number of aliphatic hydroxyl groups excluding tert-OH is 7. The van der Waals surface area contributed by atoms with Crippen LogP contribution in [0, 0.1) is 0 Å². The summed E-state index contributed by atoms with van der Waals surface area (Å²) in [5.74, 6) is -0.375. The molecule has 14 nitrogen and oxygen atoms in total. The maximum Gasteiger partial charge on any atom is 0.306 e. The molecule has 0 aromatic rings. The highest BCUT2D eigenvalue weighted by Gasteiger charge is 2.47. The lowest BCUT2D eigenvalue weighted by Gasteiger charge is -2.42. The van der Waals surface area contributed by atoms with Crippen LogP contribution >= 0.6 is 0 Å². The summed E-state index contributed by atoms with van der Waals surface area (Å²) in [4.78, 5) is 13.1. The Balaban J connectivity index is 1.70. The quantitative estimate of drug-likeness (QED) is 0.0172. The van der Waals surface area contributed by atoms with Crippen molar-refractivity contribution in [2.24, 2.45) is 0 Å². The average molecular weight is 1060 g/mol. The molecule has 7 N–H and O–H groups in total. The molecule has 2 heterocycles. The van der Waals surface area contributed by atoms with Crippen LogP contribution in [-0.4, -0.2) is 142 Å². The molecule has 14 heteroatoms. The number of allylic oxidation sites excluding steroid dienone is 4. The number of carbonyl (C=O) groups is 1. The first-order chi connectivity index (χ1) is 36.1. The Labute approximate surface area is 449 Å². The standard InChI is InChI=1S/C60H112O14/c1-3-5-7-9-11-13-15-17-19-21-23-24-25-27-29-31-33-35-37-39-41-43-52(62)72-49(46-69-44-42-40-38-36-34-32-30-28-26-22-20-18-16-14-12-10-8-6-4-2)47-70-59-58(68)56(66)54(64)51(74-59)48-71-60-57(67)55(65)53(63)50(45-61)73-60/h20-23,49-51,53-61,63-68H,3-19,24-48H2,1-2H3/b22-20-,23-21-. The minimum Gasteiger partial charge on any atom is -0.457 e. The molecule has 2 aliphatic heterocycles. The monoisotopic (exact) mass is 1060 g/mol. The van der Waals surface area contributed by atoms with Crippen molar-refractivity contribution in [3.8, 4) is 0 Å². The number of esters is 1. The number of hydrogen-bond donors (Lipinski definition) is 7. The highest BCUT2D eigenvalue weighted by molar-refractivity contribution is 5.69. The number of aliphatic hydroxyl groups is 7. The van der Waals surface area contributed by atoms with E-state index in [1.165, 1.54) is 186 Å². The molecule has 11 atom stereocenters. The fourth-order valence-electron chi connectivity index (χ4n) is 9.75. The van der Waals surface area contributed by atoms with Gasteiger partial charge in [0, 0.05) is 13.0 Å². The van der Waals surface area contributed by atoms with E-state index in [0.717, 1.165) is 38.5 Å². The van der Waals surface area contributed by atoms with E-state index in [2.05, 4.69) is 38.2 Å². The van der Waals surface area contributed by atoms with Crippen molar-refractivity contribution >= 4 is 5.97 Å². The van der Waals surface area contributed by atoms with E-state index in [-0.39, 0.29) is 25.6 Å². The van der Waals surface area contributed by atoms with Crippen LogP contribution in [0.4, 0.5) is 0 Å². The van der Waals surface area contributed by atoms with Crippen LogP contribution in [0.15, 0.2) is 24.3 Å². The molecule has 2 aliphatic rings. The molecular weight excluding hydrogens is 945 g/mol. The van der Waals surface area contributed by atoms with Gasteiger partial charge < -0.3 is 64.2 Å². The van der Waals surface area contributed by atoms with E-state index in [4.69, 9.17) is 28.4 Å². The number of ether oxygens (including phenoxy) is 6. The molecule has 0 radical (unpaired) electrons. The van der Waals surface area contributed by atoms with E-state index in [9.17, 15) is 40.5 Å². The Kier molecular flexibility index (Phi) is 44.0. The molecule has 0 aromatic heterocycles. The summed E-state index contributed by atoms with van der Waals surface area (Å²) in [6.07, 6.45) is 38.1. The molecule has 2 saturated heterocycles. The Morgan fingerprint density at radius 2 is 0.797 bits per heavy atom. The highest BCUT2D eigenvalue weighted by atomic mass is 16.7. The predicted octanol–water partition coefficient (Wildman–Crippen LogP) is 11.1. The van der Waals surface area contributed by atoms with Gasteiger partial charge in [-0.15, -0.1) is 0 Å². The molecular formula is C60H112O14. The van der Waals surface area contributed by atoms with Gasteiger partial charge in [0.1, 0.15) is 54.9 Å². The van der Waals surface area contributed by atoms with E-state index < -0.39 is 80.7 Å². The van der Waals surface area contributed by atoms with Crippen LogP contribution < -0.4 is 0 Å². The second-order valence-electron chi connectivity index (χ2n) is 21.5. The van der Waals surface area contributed by atoms with Crippen molar-refractivity contribution in [2.75, 3.05) is 33.0 Å². The van der Waals surface area contributed by atoms with Crippen molar-refractivity contribution in [3.63, 3.8) is 0 Å². The van der Waals surface area contributed by atoms with Crippen molar-refractivity contribution in [3.05, 3.63) is 24.3 Å². The first-order valence-corrected chi connectivity index (χ1v) is 30.4. The SMILES string of the molecule is CCCCCCCCC/C=C\CCCCCCCCCCOCC(COC1OC(COC2OC(CO)C(O)C(O)C2O)C(O)C(O)C1O)OC(=O)CCCCCCCCCCC/C=C\CCCCCCCCCC. The third-order valence-electron chi connectivity index (χ3n) is 14.7. The number of hydrogen-bond acceptors (Lipinski definition) is 14. The molecule has 0 aromatic carbocycles. The Hall–Kier alpha value is -1.53. The summed E-state index contributed by atoms with van der Waals surface area (Å²) in [5.41, 5.74) is 0. The van der Waals surface area contributed by atoms with Gasteiger partial charge in [0.05, 0.1) is 26.4 Å². The van der Waals surface area contributed by atoms with Crippen LogP contribution in [0.5, 0.6) is 0 Å². The summed E-state index contributed by atoms with van der Waals surface area (Å²) in [6, 6.07) is 0. The van der Waals surface area contributed by atoms with Gasteiger partial charge in [-0.1, -0.05) is 205 Å². The summed E-state index contributed by atoms with van der Waals surface area (Å²) in [7, 11) is 0. The molecule has 11 unspecified atom stereocenters. The first-order valence-electron chi connectivity index (χ1n) is 30.4. The van der Waals surface area contributed by atoms with Crippen LogP contribution in [-0.2, 0) is 33.2 Å². The second kappa shape index (κ2) is 47.5. The predicted molar refractivity (Wildman–Crippen MR) is 294 cm³/mol. The smallest absolute Gasteiger partial charge is 0.306 e. The average Bonchev–Trinajstić information content (AvgIpc) is 3.40. The molecule has 0 spiro atoms. The fourth-order valence-corrected chi connectivity index (χ4v) is 9.75. The van der Waals surface area contributed by atoms with Crippen molar-refractivity contribution in [1.82, 2.24) is 0 Å². The third kappa shape index (κ3) is 33.7. The number of rotatable bonds is 50. The maximum atomic E-state index is 13.1. The summed E-state index contributed by atoms with van der Waals surface area (Å²) in [5, 5.41) is 72.4. The van der Waals surface area contributed by atoms with Gasteiger partial charge in [-0.2, -0.15) is 0 Å². The Morgan fingerprint density at radius 1 is 0.432 bits per heavy atom. The second-order valence-corrected chi connectivity index (χ2v) is 21.5. The van der Waals surface area contributed by atoms with Gasteiger partial charge >= 0.3 is 5.97 Å². The minimum absolute atomic E-state index is 0.0620. The van der Waals surface area contributed by atoms with E-state index in [1.54, 1.807) is 0 Å². The van der Waals surface area contributed by atoms with Gasteiger partial charge in [-0.05, 0) is 64.2 Å². The number of unbranched alkanes of at least 4 members (excludes halogenated alkanes) is 32. The third-order valence-corrected chi connectivity index (χ3v) is 14.7. The fraction of sp³-hybridized carbons (Fsp3) is 0.917. The number of carbonyl (C=O) groups excluding carboxylic acids is 1. The van der Waals surface area contributed by atoms with Gasteiger partial charge in [0.15, 0.2) is 12.6 Å². The maximum absolute atomic E-state index is 13.1. The van der Waals surface area contributed by atoms with Crippen molar-refractivity contribution < 1.29 is 69.0 Å². The molecule has 0 aliphatic carbocycles. The minimum atomic E-state index is -1.71. The lowest BCUT2D eigenvalue weighted by atomic mass is 9.98. The molecule has 436 valence electrons. The molecule has 0 saturated carbocycles. The van der Waals surface area contributed by atoms with Crippen LogP contribution in [0.3, 0.4) is 0 Å². The zero-order chi connectivity index (χ0) is 53.7. The van der Waals surface area contributed by atoms with Crippen molar-refractivity contribution in [2.45, 2.75) is 319 Å². The molecule has 74 heavy (non-hydrogen) atoms. The molecule has 2 fully saturated rings. The lowest BCUT2D eigenvalue weighted by Crippen LogP contribution is -2.61. The topological polar surface area (TPSA) is 214 Å². The molecule has 0 amide bonds. The summed E-state index contributed by atoms with van der Waals surface area (Å²) < 4.78 is 34.4. The highest BCUT2D eigenvalue weighted by Crippen LogP contribution is 2.27. The zero-order valence-electron chi connectivity index (χ0n) is 46.8. The Morgan fingerprint density at radius 3 is 1.23 bits per heavy atom. The first kappa shape index (κ1) is 68.6.